The Balaban J connectivity index is 1.67. The van der Waals surface area contributed by atoms with Crippen LogP contribution in [0.2, 0.25) is 0 Å². The van der Waals surface area contributed by atoms with Crippen LogP contribution in [-0.2, 0) is 22.4 Å². The van der Waals surface area contributed by atoms with E-state index in [4.69, 9.17) is 20.6 Å². The summed E-state index contributed by atoms with van der Waals surface area (Å²) >= 11 is 1.50. The molecule has 1 aliphatic rings. The number of fused-ring (bicyclic) bond motifs is 3. The van der Waals surface area contributed by atoms with Crippen LogP contribution in [-0.4, -0.2) is 39.4 Å². The molecular formula is C25H26N6O2S. The van der Waals surface area contributed by atoms with Gasteiger partial charge in [-0.05, 0) is 49.9 Å². The number of nitrogen functional groups attached to an aromatic ring is 1. The summed E-state index contributed by atoms with van der Waals surface area (Å²) in [6, 6.07) is 12.0. The molecule has 0 spiro atoms. The number of methoxy groups -OCH3 is 1. The second-order valence-corrected chi connectivity index (χ2v) is 9.28. The highest BCUT2D eigenvalue weighted by molar-refractivity contribution is 7.19. The predicted octanol–water partition coefficient (Wildman–Crippen LogP) is 4.41. The second kappa shape index (κ2) is 9.36. The van der Waals surface area contributed by atoms with E-state index < -0.39 is 0 Å². The minimum atomic E-state index is -0.105. The summed E-state index contributed by atoms with van der Waals surface area (Å²) in [5.74, 6) is 0.374. The monoisotopic (exact) mass is 474 g/mol. The molecule has 0 atom stereocenters. The number of nitrogens with one attached hydrogen (secondary N) is 1. The summed E-state index contributed by atoms with van der Waals surface area (Å²) in [5.41, 5.74) is 13.0. The Morgan fingerprint density at radius 1 is 1.24 bits per heavy atom. The largest absolute Gasteiger partial charge is 0.384 e. The van der Waals surface area contributed by atoms with Crippen LogP contribution in [0, 0.1) is 6.92 Å². The van der Waals surface area contributed by atoms with Crippen molar-refractivity contribution in [2.45, 2.75) is 32.6 Å². The van der Waals surface area contributed by atoms with Crippen molar-refractivity contribution in [3.05, 3.63) is 59.4 Å². The lowest BCUT2D eigenvalue weighted by atomic mass is 10.0. The standard InChI is InChI=1S/C25H26N6O2S/c1-15-6-3-4-9-19(15)31-23-17(22(30-31)16-10-11-20(26)27-14-16)7-5-8-18-24(23)34-25(28-18)29-21(32)12-13-33-2/h3-4,6,9-11,14H,5,7-8,12-13H2,1-2H3,(H2,26,27)(H,28,29,32). The number of rotatable bonds is 6. The summed E-state index contributed by atoms with van der Waals surface area (Å²) in [5, 5.41) is 8.62. The lowest BCUT2D eigenvalue weighted by Gasteiger charge is -2.10. The predicted molar refractivity (Wildman–Crippen MR) is 134 cm³/mol. The first-order valence-electron chi connectivity index (χ1n) is 11.2. The molecule has 3 heterocycles. The maximum Gasteiger partial charge on any atom is 0.228 e. The first kappa shape index (κ1) is 22.2. The van der Waals surface area contributed by atoms with Crippen molar-refractivity contribution in [3.63, 3.8) is 0 Å². The van der Waals surface area contributed by atoms with Crippen LogP contribution in [0.3, 0.4) is 0 Å². The number of ether oxygens (including phenoxy) is 1. The highest BCUT2D eigenvalue weighted by atomic mass is 32.1. The highest BCUT2D eigenvalue weighted by Gasteiger charge is 2.29. The van der Waals surface area contributed by atoms with E-state index in [0.717, 1.165) is 63.6 Å². The summed E-state index contributed by atoms with van der Waals surface area (Å²) < 4.78 is 7.04. The third kappa shape index (κ3) is 4.20. The van der Waals surface area contributed by atoms with Gasteiger partial charge in [-0.15, -0.1) is 0 Å². The van der Waals surface area contributed by atoms with Crippen molar-refractivity contribution < 1.29 is 9.53 Å². The number of amides is 1. The number of nitrogens with zero attached hydrogens (tertiary/aromatic N) is 4. The van der Waals surface area contributed by atoms with Crippen molar-refractivity contribution >= 4 is 28.2 Å². The van der Waals surface area contributed by atoms with Crippen LogP contribution in [0.5, 0.6) is 0 Å². The second-order valence-electron chi connectivity index (χ2n) is 8.29. The number of hydrogen-bond acceptors (Lipinski definition) is 7. The van der Waals surface area contributed by atoms with Gasteiger partial charge in [0.1, 0.15) is 5.82 Å². The Kier molecular flexibility index (Phi) is 6.12. The highest BCUT2D eigenvalue weighted by Crippen LogP contribution is 2.43. The van der Waals surface area contributed by atoms with Crippen molar-refractivity contribution in [2.24, 2.45) is 0 Å². The molecule has 1 aliphatic carbocycles. The van der Waals surface area contributed by atoms with Gasteiger partial charge in [-0.1, -0.05) is 29.5 Å². The van der Waals surface area contributed by atoms with E-state index in [1.54, 1.807) is 19.4 Å². The average Bonchev–Trinajstić information content (AvgIpc) is 3.35. The molecule has 5 rings (SSSR count). The number of thiazole rings is 1. The van der Waals surface area contributed by atoms with E-state index in [1.807, 2.05) is 22.9 Å². The van der Waals surface area contributed by atoms with Crippen LogP contribution >= 0.6 is 11.3 Å². The minimum absolute atomic E-state index is 0.105. The first-order chi connectivity index (χ1) is 16.5. The SMILES string of the molecule is COCCC(=O)Nc1nc2c(s1)-c1c(c(-c3ccc(N)nc3)nn1-c1ccccc1C)CCC2. The number of benzene rings is 1. The molecule has 3 N–H and O–H groups in total. The fourth-order valence-electron chi connectivity index (χ4n) is 4.24. The molecule has 0 fully saturated rings. The summed E-state index contributed by atoms with van der Waals surface area (Å²) in [6.07, 6.45) is 4.72. The van der Waals surface area contributed by atoms with E-state index in [0.29, 0.717) is 24.0 Å². The normalized spacial score (nSPS) is 12.6. The molecule has 34 heavy (non-hydrogen) atoms. The molecule has 1 aromatic carbocycles. The van der Waals surface area contributed by atoms with Gasteiger partial charge in [0.2, 0.25) is 5.91 Å². The number of carbonyl (C=O) groups is 1. The number of aromatic nitrogens is 4. The molecule has 3 aromatic heterocycles. The van der Waals surface area contributed by atoms with Gasteiger partial charge in [-0.25, -0.2) is 14.6 Å². The van der Waals surface area contributed by atoms with Crippen molar-refractivity contribution in [3.8, 4) is 27.5 Å². The van der Waals surface area contributed by atoms with Gasteiger partial charge in [0.05, 0.1) is 40.7 Å². The summed E-state index contributed by atoms with van der Waals surface area (Å²) in [7, 11) is 1.58. The molecule has 174 valence electrons. The topological polar surface area (TPSA) is 108 Å². The molecule has 0 unspecified atom stereocenters. The quantitative estimate of drug-likeness (QED) is 0.429. The zero-order chi connectivity index (χ0) is 23.7. The van der Waals surface area contributed by atoms with Crippen molar-refractivity contribution in [2.75, 3.05) is 24.8 Å². The number of hydrogen-bond donors (Lipinski definition) is 2. The smallest absolute Gasteiger partial charge is 0.228 e. The zero-order valence-electron chi connectivity index (χ0n) is 19.2. The Labute approximate surface area is 201 Å². The van der Waals surface area contributed by atoms with Gasteiger partial charge in [-0.3, -0.25) is 4.79 Å². The van der Waals surface area contributed by atoms with E-state index in [1.165, 1.54) is 11.3 Å². The molecule has 4 aromatic rings. The van der Waals surface area contributed by atoms with Gasteiger partial charge >= 0.3 is 0 Å². The van der Waals surface area contributed by atoms with Crippen LogP contribution in [0.25, 0.3) is 27.5 Å². The molecule has 1 amide bonds. The van der Waals surface area contributed by atoms with Gasteiger partial charge in [-0.2, -0.15) is 5.10 Å². The fraction of sp³-hybridized carbons (Fsp3) is 0.280. The zero-order valence-corrected chi connectivity index (χ0v) is 20.0. The van der Waals surface area contributed by atoms with E-state index in [2.05, 4.69) is 29.4 Å². The molecule has 0 saturated carbocycles. The van der Waals surface area contributed by atoms with Crippen LogP contribution in [0.1, 0.15) is 29.7 Å². The maximum absolute atomic E-state index is 12.3. The molecule has 8 nitrogen and oxygen atoms in total. The van der Waals surface area contributed by atoms with Crippen LogP contribution < -0.4 is 11.1 Å². The van der Waals surface area contributed by atoms with E-state index >= 15 is 0 Å². The Morgan fingerprint density at radius 2 is 2.09 bits per heavy atom. The minimum Gasteiger partial charge on any atom is -0.384 e. The first-order valence-corrected chi connectivity index (χ1v) is 12.1. The number of nitrogens with two attached hydrogens (primary N) is 1. The third-order valence-corrected chi connectivity index (χ3v) is 6.94. The molecule has 0 bridgehead atoms. The number of aryl methyl sites for hydroxylation is 2. The van der Waals surface area contributed by atoms with E-state index in [-0.39, 0.29) is 5.91 Å². The molecular weight excluding hydrogens is 448 g/mol. The number of pyridine rings is 1. The average molecular weight is 475 g/mol. The number of anilines is 2. The molecule has 0 saturated heterocycles. The Morgan fingerprint density at radius 3 is 2.85 bits per heavy atom. The lowest BCUT2D eigenvalue weighted by Crippen LogP contribution is -2.13. The van der Waals surface area contributed by atoms with Gasteiger partial charge in [0.15, 0.2) is 5.13 Å². The lowest BCUT2D eigenvalue weighted by molar-refractivity contribution is -0.117. The molecule has 0 radical (unpaired) electrons. The molecule has 0 aliphatic heterocycles. The van der Waals surface area contributed by atoms with Crippen molar-refractivity contribution in [1.29, 1.82) is 0 Å². The summed E-state index contributed by atoms with van der Waals surface area (Å²) in [6.45, 7) is 2.46. The van der Waals surface area contributed by atoms with Gasteiger partial charge < -0.3 is 15.8 Å². The van der Waals surface area contributed by atoms with Crippen molar-refractivity contribution in [1.82, 2.24) is 19.7 Å². The van der Waals surface area contributed by atoms with Crippen LogP contribution in [0.15, 0.2) is 42.6 Å². The Bertz CT molecular complexity index is 1340. The summed E-state index contributed by atoms with van der Waals surface area (Å²) in [4.78, 5) is 22.4. The third-order valence-electron chi connectivity index (χ3n) is 5.92. The van der Waals surface area contributed by atoms with E-state index in [9.17, 15) is 4.79 Å². The maximum atomic E-state index is 12.3. The van der Waals surface area contributed by atoms with Crippen LogP contribution in [0.4, 0.5) is 10.9 Å². The molecule has 9 heteroatoms. The number of carbonyl (C=O) groups excluding carboxylic acids is 1. The fourth-order valence-corrected chi connectivity index (χ4v) is 5.33. The van der Waals surface area contributed by atoms with Gasteiger partial charge in [0.25, 0.3) is 0 Å². The number of para-hydroxylation sites is 1. The Hall–Kier alpha value is -3.56. The van der Waals surface area contributed by atoms with Gasteiger partial charge in [0, 0.05) is 24.4 Å².